The Labute approximate surface area is 105 Å². The van der Waals surface area contributed by atoms with Gasteiger partial charge in [-0.1, -0.05) is 44.0 Å². The average molecular weight is 270 g/mol. The summed E-state index contributed by atoms with van der Waals surface area (Å²) in [4.78, 5) is 20.7. The van der Waals surface area contributed by atoms with Crippen LogP contribution in [0.15, 0.2) is 0 Å². The predicted molar refractivity (Wildman–Crippen MR) is 63.7 cm³/mol. The van der Waals surface area contributed by atoms with Gasteiger partial charge in [-0.25, -0.2) is 0 Å². The highest BCUT2D eigenvalue weighted by Gasteiger charge is 2.27. The summed E-state index contributed by atoms with van der Waals surface area (Å²) in [6, 6.07) is 0. The van der Waals surface area contributed by atoms with Gasteiger partial charge in [-0.05, 0) is 11.3 Å². The van der Waals surface area contributed by atoms with Crippen LogP contribution < -0.4 is 5.32 Å². The molecule has 0 aromatic carbocycles. The van der Waals surface area contributed by atoms with E-state index in [9.17, 15) is 9.59 Å². The Hall–Kier alpha value is -0.480. The van der Waals surface area contributed by atoms with Crippen molar-refractivity contribution in [2.24, 2.45) is 11.3 Å². The van der Waals surface area contributed by atoms with E-state index in [-0.39, 0.29) is 24.3 Å². The molecule has 0 aromatic heterocycles. The van der Waals surface area contributed by atoms with Crippen molar-refractivity contribution in [3.63, 3.8) is 0 Å². The van der Waals surface area contributed by atoms with Crippen molar-refractivity contribution in [2.45, 2.75) is 32.0 Å². The first kappa shape index (κ1) is 15.5. The predicted octanol–water partition coefficient (Wildman–Crippen LogP) is 2.04. The van der Waals surface area contributed by atoms with Gasteiger partial charge in [-0.3, -0.25) is 9.59 Å². The molecular weight excluding hydrogens is 253 g/mol. The summed E-state index contributed by atoms with van der Waals surface area (Å²) in [5.74, 6) is -1.55. The molecule has 1 atom stereocenters. The molecule has 0 bridgehead atoms. The second-order valence-electron chi connectivity index (χ2n) is 4.71. The molecule has 0 rings (SSSR count). The molecule has 0 heterocycles. The average Bonchev–Trinajstić information content (AvgIpc) is 2.08. The summed E-state index contributed by atoms with van der Waals surface area (Å²) < 4.78 is 0. The summed E-state index contributed by atoms with van der Waals surface area (Å²) in [5.41, 5.74) is -0.209. The van der Waals surface area contributed by atoms with Crippen LogP contribution in [0.1, 0.15) is 27.2 Å². The van der Waals surface area contributed by atoms with Gasteiger partial charge in [0.25, 0.3) is 5.91 Å². The highest BCUT2D eigenvalue weighted by atomic mass is 35.5. The number of hydrogen-bond acceptors (Lipinski definition) is 2. The van der Waals surface area contributed by atoms with Crippen LogP contribution in [0, 0.1) is 11.3 Å². The molecule has 0 fully saturated rings. The molecule has 0 radical (unpaired) electrons. The summed E-state index contributed by atoms with van der Waals surface area (Å²) in [6.45, 7) is 6.02. The Morgan fingerprint density at radius 1 is 1.31 bits per heavy atom. The molecular formula is C10H17Cl2NO3. The molecule has 1 amide bonds. The first-order valence-electron chi connectivity index (χ1n) is 4.92. The number of amides is 1. The highest BCUT2D eigenvalue weighted by molar-refractivity contribution is 6.53. The van der Waals surface area contributed by atoms with Gasteiger partial charge in [-0.2, -0.15) is 0 Å². The van der Waals surface area contributed by atoms with Crippen molar-refractivity contribution in [3.05, 3.63) is 0 Å². The van der Waals surface area contributed by atoms with E-state index in [2.05, 4.69) is 5.32 Å². The van der Waals surface area contributed by atoms with Crippen molar-refractivity contribution in [1.82, 2.24) is 5.32 Å². The Bertz CT molecular complexity index is 261. The number of aliphatic carboxylic acids is 1. The van der Waals surface area contributed by atoms with E-state index in [4.69, 9.17) is 28.3 Å². The SMILES string of the molecule is CC(C)(C)C(CNC(=O)C(Cl)Cl)CC(=O)O. The van der Waals surface area contributed by atoms with Crippen LogP contribution in [0.5, 0.6) is 0 Å². The molecule has 2 N–H and O–H groups in total. The van der Waals surface area contributed by atoms with E-state index in [1.165, 1.54) is 0 Å². The summed E-state index contributed by atoms with van der Waals surface area (Å²) in [5, 5.41) is 11.3. The topological polar surface area (TPSA) is 66.4 Å². The number of halogens is 2. The van der Waals surface area contributed by atoms with E-state index in [1.54, 1.807) is 0 Å². The lowest BCUT2D eigenvalue weighted by Crippen LogP contribution is -2.38. The molecule has 0 aliphatic heterocycles. The number of rotatable bonds is 5. The van der Waals surface area contributed by atoms with Gasteiger partial charge >= 0.3 is 5.97 Å². The normalized spacial score (nSPS) is 13.6. The monoisotopic (exact) mass is 269 g/mol. The molecule has 6 heteroatoms. The molecule has 0 saturated carbocycles. The number of nitrogens with one attached hydrogen (secondary N) is 1. The van der Waals surface area contributed by atoms with Gasteiger partial charge < -0.3 is 10.4 Å². The van der Waals surface area contributed by atoms with Gasteiger partial charge in [0.15, 0.2) is 4.84 Å². The minimum absolute atomic E-state index is 0.000974. The number of hydrogen-bond donors (Lipinski definition) is 2. The highest BCUT2D eigenvalue weighted by Crippen LogP contribution is 2.28. The first-order chi connectivity index (χ1) is 7.14. The van der Waals surface area contributed by atoms with E-state index in [0.717, 1.165) is 0 Å². The molecule has 16 heavy (non-hydrogen) atoms. The Kier molecular flexibility index (Phi) is 6.11. The van der Waals surface area contributed by atoms with Crippen LogP contribution in [0.2, 0.25) is 0 Å². The number of alkyl halides is 2. The van der Waals surface area contributed by atoms with Crippen LogP contribution in [0.25, 0.3) is 0 Å². The fourth-order valence-electron chi connectivity index (χ4n) is 1.20. The molecule has 0 spiro atoms. The van der Waals surface area contributed by atoms with Crippen LogP contribution in [0.4, 0.5) is 0 Å². The maximum Gasteiger partial charge on any atom is 0.303 e. The molecule has 4 nitrogen and oxygen atoms in total. The summed E-state index contributed by atoms with van der Waals surface area (Å²) in [7, 11) is 0. The minimum Gasteiger partial charge on any atom is -0.481 e. The quantitative estimate of drug-likeness (QED) is 0.751. The van der Waals surface area contributed by atoms with E-state index < -0.39 is 16.7 Å². The molecule has 0 aromatic rings. The zero-order chi connectivity index (χ0) is 12.9. The van der Waals surface area contributed by atoms with Gasteiger partial charge in [0.1, 0.15) is 0 Å². The number of carbonyl (C=O) groups excluding carboxylic acids is 1. The molecule has 0 saturated heterocycles. The van der Waals surface area contributed by atoms with Crippen molar-refractivity contribution in [3.8, 4) is 0 Å². The Morgan fingerprint density at radius 2 is 1.81 bits per heavy atom. The number of carboxylic acid groups (broad SMARTS) is 1. The minimum atomic E-state index is -1.12. The largest absolute Gasteiger partial charge is 0.481 e. The van der Waals surface area contributed by atoms with Crippen molar-refractivity contribution in [1.29, 1.82) is 0 Å². The third-order valence-corrected chi connectivity index (χ3v) is 2.76. The van der Waals surface area contributed by atoms with Crippen molar-refractivity contribution < 1.29 is 14.7 Å². The van der Waals surface area contributed by atoms with Crippen molar-refractivity contribution >= 4 is 35.1 Å². The second-order valence-corrected chi connectivity index (χ2v) is 5.80. The Morgan fingerprint density at radius 3 is 2.12 bits per heavy atom. The Balaban J connectivity index is 4.34. The van der Waals surface area contributed by atoms with Crippen LogP contribution in [0.3, 0.4) is 0 Å². The van der Waals surface area contributed by atoms with Crippen LogP contribution in [-0.2, 0) is 9.59 Å². The second kappa shape index (κ2) is 6.30. The van der Waals surface area contributed by atoms with Crippen molar-refractivity contribution in [2.75, 3.05) is 6.54 Å². The number of carboxylic acids is 1. The van der Waals surface area contributed by atoms with Crippen LogP contribution >= 0.6 is 23.2 Å². The zero-order valence-corrected chi connectivity index (χ0v) is 11.1. The lowest BCUT2D eigenvalue weighted by Gasteiger charge is -2.29. The zero-order valence-electron chi connectivity index (χ0n) is 9.59. The standard InChI is InChI=1S/C10H17Cl2NO3/c1-10(2,3)6(4-7(14)15)5-13-9(16)8(11)12/h6,8H,4-5H2,1-3H3,(H,13,16)(H,14,15). The lowest BCUT2D eigenvalue weighted by molar-refractivity contribution is -0.139. The van der Waals surface area contributed by atoms with Gasteiger partial charge in [0.2, 0.25) is 0 Å². The van der Waals surface area contributed by atoms with Crippen LogP contribution in [-0.4, -0.2) is 28.4 Å². The fourth-order valence-corrected chi connectivity index (χ4v) is 1.35. The lowest BCUT2D eigenvalue weighted by atomic mass is 9.78. The first-order valence-corrected chi connectivity index (χ1v) is 5.79. The molecule has 94 valence electrons. The van der Waals surface area contributed by atoms with E-state index >= 15 is 0 Å². The smallest absolute Gasteiger partial charge is 0.303 e. The number of carbonyl (C=O) groups is 2. The maximum atomic E-state index is 11.1. The summed E-state index contributed by atoms with van der Waals surface area (Å²) in [6.07, 6.45) is -0.000974. The van der Waals surface area contributed by atoms with E-state index in [0.29, 0.717) is 0 Å². The molecule has 1 unspecified atom stereocenters. The molecule has 0 aliphatic rings. The maximum absolute atomic E-state index is 11.1. The third-order valence-electron chi connectivity index (χ3n) is 2.37. The van der Waals surface area contributed by atoms with Gasteiger partial charge in [-0.15, -0.1) is 0 Å². The van der Waals surface area contributed by atoms with Gasteiger partial charge in [0, 0.05) is 6.54 Å². The fraction of sp³-hybridized carbons (Fsp3) is 0.800. The van der Waals surface area contributed by atoms with E-state index in [1.807, 2.05) is 20.8 Å². The third kappa shape index (κ3) is 6.18. The molecule has 0 aliphatic carbocycles. The van der Waals surface area contributed by atoms with Gasteiger partial charge in [0.05, 0.1) is 6.42 Å². The summed E-state index contributed by atoms with van der Waals surface area (Å²) >= 11 is 10.7.